The summed E-state index contributed by atoms with van der Waals surface area (Å²) in [7, 11) is 1.55. The average Bonchev–Trinajstić information content (AvgIpc) is 2.85. The highest BCUT2D eigenvalue weighted by atomic mass is 32.2. The summed E-state index contributed by atoms with van der Waals surface area (Å²) in [5.74, 6) is -0.399. The number of fused-ring (bicyclic) bond motifs is 1. The normalized spacial score (nSPS) is 18.4. The lowest BCUT2D eigenvalue weighted by atomic mass is 10.1. The Bertz CT molecular complexity index is 977. The van der Waals surface area contributed by atoms with Crippen LogP contribution in [-0.2, 0) is 16.0 Å². The van der Waals surface area contributed by atoms with E-state index in [4.69, 9.17) is 0 Å². The maximum absolute atomic E-state index is 12.9. The number of sulfone groups is 1. The molecular weight excluding hydrogens is 383 g/mol. The maximum Gasteiger partial charge on any atom is 0.421 e. The van der Waals surface area contributed by atoms with E-state index in [0.717, 1.165) is 0 Å². The lowest BCUT2D eigenvalue weighted by Gasteiger charge is -2.19. The minimum atomic E-state index is -4.57. The van der Waals surface area contributed by atoms with Crippen LogP contribution in [0.3, 0.4) is 0 Å². The highest BCUT2D eigenvalue weighted by Crippen LogP contribution is 2.38. The van der Waals surface area contributed by atoms with E-state index >= 15 is 0 Å². The van der Waals surface area contributed by atoms with Crippen LogP contribution in [0.4, 0.5) is 30.6 Å². The Morgan fingerprint density at radius 2 is 1.96 bits per heavy atom. The first-order chi connectivity index (χ1) is 12.5. The van der Waals surface area contributed by atoms with Crippen LogP contribution in [0.1, 0.15) is 17.2 Å². The van der Waals surface area contributed by atoms with Gasteiger partial charge in [0.15, 0.2) is 9.84 Å². The van der Waals surface area contributed by atoms with Crippen molar-refractivity contribution in [3.05, 3.63) is 35.5 Å². The summed E-state index contributed by atoms with van der Waals surface area (Å²) in [5.41, 5.74) is 0.147. The van der Waals surface area contributed by atoms with Crippen molar-refractivity contribution < 1.29 is 21.6 Å². The van der Waals surface area contributed by atoms with E-state index in [1.807, 2.05) is 0 Å². The van der Waals surface area contributed by atoms with Crippen LogP contribution in [0, 0.1) is 0 Å². The number of aromatic nitrogens is 2. The molecule has 27 heavy (non-hydrogen) atoms. The van der Waals surface area contributed by atoms with Gasteiger partial charge in [0.1, 0.15) is 11.4 Å². The van der Waals surface area contributed by atoms with Crippen LogP contribution < -0.4 is 10.6 Å². The van der Waals surface area contributed by atoms with E-state index in [1.165, 1.54) is 19.2 Å². The summed E-state index contributed by atoms with van der Waals surface area (Å²) >= 11 is 0. The second kappa shape index (κ2) is 6.64. The number of hydrogen-bond acceptors (Lipinski definition) is 7. The quantitative estimate of drug-likeness (QED) is 0.814. The van der Waals surface area contributed by atoms with E-state index in [0.29, 0.717) is 17.4 Å². The van der Waals surface area contributed by atoms with Crippen molar-refractivity contribution in [2.24, 2.45) is 0 Å². The molecule has 2 N–H and O–H groups in total. The van der Waals surface area contributed by atoms with Crippen molar-refractivity contribution in [1.29, 1.82) is 0 Å². The van der Waals surface area contributed by atoms with Gasteiger partial charge in [0.25, 0.3) is 0 Å². The molecule has 0 saturated heterocycles. The van der Waals surface area contributed by atoms with Crippen LogP contribution in [-0.4, -0.2) is 50.2 Å². The molecule has 2 heterocycles. The number of benzene rings is 1. The molecule has 0 spiro atoms. The standard InChI is InChI=1S/C16H18F3N5O2S/c1-20-14-11(16(17,18)19)7-21-15(23-14)22-9-4-5-13-10(6-9)12(24(2)3)8-27(13,25)26/h4-7,12H,8H2,1-3H3,(H2,20,21,22,23). The summed E-state index contributed by atoms with van der Waals surface area (Å²) < 4.78 is 63.3. The second-order valence-electron chi connectivity index (χ2n) is 6.34. The van der Waals surface area contributed by atoms with E-state index in [2.05, 4.69) is 20.6 Å². The molecular formula is C16H18F3N5O2S. The number of nitrogens with one attached hydrogen (secondary N) is 2. The largest absolute Gasteiger partial charge is 0.421 e. The van der Waals surface area contributed by atoms with Crippen molar-refractivity contribution in [3.8, 4) is 0 Å². The fourth-order valence-corrected chi connectivity index (χ4v) is 4.86. The zero-order valence-corrected chi connectivity index (χ0v) is 15.6. The number of rotatable bonds is 4. The molecule has 0 bridgehead atoms. The van der Waals surface area contributed by atoms with Crippen molar-refractivity contribution in [3.63, 3.8) is 0 Å². The fraction of sp³-hybridized carbons (Fsp3) is 0.375. The van der Waals surface area contributed by atoms with Gasteiger partial charge >= 0.3 is 6.18 Å². The third-order valence-electron chi connectivity index (χ3n) is 4.29. The molecule has 146 valence electrons. The van der Waals surface area contributed by atoms with Gasteiger partial charge in [-0.3, -0.25) is 0 Å². The van der Waals surface area contributed by atoms with Crippen molar-refractivity contribution >= 4 is 27.3 Å². The third-order valence-corrected chi connectivity index (χ3v) is 6.09. The minimum Gasteiger partial charge on any atom is -0.372 e. The van der Waals surface area contributed by atoms with Crippen molar-refractivity contribution in [1.82, 2.24) is 14.9 Å². The molecule has 0 radical (unpaired) electrons. The zero-order chi connectivity index (χ0) is 20.0. The summed E-state index contributed by atoms with van der Waals surface area (Å²) in [6, 6.07) is 4.38. The lowest BCUT2D eigenvalue weighted by molar-refractivity contribution is -0.137. The van der Waals surface area contributed by atoms with Gasteiger partial charge in [0, 0.05) is 25.0 Å². The molecule has 1 aromatic heterocycles. The van der Waals surface area contributed by atoms with Gasteiger partial charge in [-0.1, -0.05) is 0 Å². The summed E-state index contributed by atoms with van der Waals surface area (Å²) in [5, 5.41) is 5.24. The number of hydrogen-bond donors (Lipinski definition) is 2. The predicted molar refractivity (Wildman–Crippen MR) is 94.8 cm³/mol. The van der Waals surface area contributed by atoms with E-state index in [9.17, 15) is 21.6 Å². The van der Waals surface area contributed by atoms with Gasteiger partial charge in [-0.2, -0.15) is 18.2 Å². The monoisotopic (exact) mass is 401 g/mol. The summed E-state index contributed by atoms with van der Waals surface area (Å²) in [6.45, 7) is 0. The molecule has 11 heteroatoms. The minimum absolute atomic E-state index is 0.0144. The molecule has 7 nitrogen and oxygen atoms in total. The lowest BCUT2D eigenvalue weighted by Crippen LogP contribution is -2.21. The Morgan fingerprint density at radius 3 is 2.56 bits per heavy atom. The van der Waals surface area contributed by atoms with Crippen LogP contribution in [0.5, 0.6) is 0 Å². The molecule has 2 aromatic rings. The molecule has 1 unspecified atom stereocenters. The average molecular weight is 401 g/mol. The van der Waals surface area contributed by atoms with Crippen molar-refractivity contribution in [2.45, 2.75) is 17.1 Å². The molecule has 1 atom stereocenters. The number of nitrogens with zero attached hydrogens (tertiary/aromatic N) is 3. The van der Waals surface area contributed by atoms with E-state index < -0.39 is 21.6 Å². The topological polar surface area (TPSA) is 87.2 Å². The van der Waals surface area contributed by atoms with Crippen molar-refractivity contribution in [2.75, 3.05) is 37.5 Å². The van der Waals surface area contributed by atoms with E-state index in [1.54, 1.807) is 25.1 Å². The number of alkyl halides is 3. The second-order valence-corrected chi connectivity index (χ2v) is 8.34. The first-order valence-corrected chi connectivity index (χ1v) is 9.60. The SMILES string of the molecule is CNc1nc(Nc2ccc3c(c2)C(N(C)C)CS3(=O)=O)ncc1C(F)(F)F. The van der Waals surface area contributed by atoms with Gasteiger partial charge in [0.05, 0.1) is 10.6 Å². The highest BCUT2D eigenvalue weighted by molar-refractivity contribution is 7.91. The smallest absolute Gasteiger partial charge is 0.372 e. The molecule has 3 rings (SSSR count). The van der Waals surface area contributed by atoms with Crippen LogP contribution >= 0.6 is 0 Å². The highest BCUT2D eigenvalue weighted by Gasteiger charge is 2.36. The molecule has 0 fully saturated rings. The first-order valence-electron chi connectivity index (χ1n) is 7.95. The summed E-state index contributed by atoms with van der Waals surface area (Å²) in [4.78, 5) is 9.63. The molecule has 0 saturated carbocycles. The Morgan fingerprint density at radius 1 is 1.26 bits per heavy atom. The zero-order valence-electron chi connectivity index (χ0n) is 14.8. The summed E-state index contributed by atoms with van der Waals surface area (Å²) in [6.07, 6.45) is -3.88. The predicted octanol–water partition coefficient (Wildman–Crippen LogP) is 2.67. The molecule has 0 aliphatic carbocycles. The van der Waals surface area contributed by atoms with Crippen LogP contribution in [0.25, 0.3) is 0 Å². The Kier molecular flexibility index (Phi) is 4.76. The molecule has 1 aliphatic rings. The van der Waals surface area contributed by atoms with Gasteiger partial charge in [-0.05, 0) is 37.9 Å². The molecule has 1 aliphatic heterocycles. The van der Waals surface area contributed by atoms with Gasteiger partial charge in [0.2, 0.25) is 5.95 Å². The van der Waals surface area contributed by atoms with Gasteiger partial charge in [-0.15, -0.1) is 0 Å². The Labute approximate surface area is 154 Å². The van der Waals surface area contributed by atoms with Crippen LogP contribution in [0.15, 0.2) is 29.3 Å². The van der Waals surface area contributed by atoms with Crippen LogP contribution in [0.2, 0.25) is 0 Å². The maximum atomic E-state index is 12.9. The number of halogens is 3. The number of anilines is 3. The molecule has 1 aromatic carbocycles. The Balaban J connectivity index is 1.95. The molecule has 0 amide bonds. The van der Waals surface area contributed by atoms with Gasteiger partial charge in [-0.25, -0.2) is 13.4 Å². The third kappa shape index (κ3) is 3.69. The Hall–Kier alpha value is -2.40. The first kappa shape index (κ1) is 19.4. The fourth-order valence-electron chi connectivity index (χ4n) is 2.95. The van der Waals surface area contributed by atoms with Gasteiger partial charge < -0.3 is 15.5 Å². The van der Waals surface area contributed by atoms with E-state index in [-0.39, 0.29) is 28.5 Å².